The Labute approximate surface area is 358 Å². The smallest absolute Gasteiger partial charge is 0.0397 e. The van der Waals surface area contributed by atoms with Gasteiger partial charge < -0.3 is 0 Å². The SMILES string of the molecule is CCCc1c(CCC)c2sc3ccc4sc(P(c5ccccc5)c5ccccc5)cc4c3c2c2c1sc1ccc3sc(P(c4ccccc4)c4ccccc4)cc3c12. The molecule has 0 spiro atoms. The van der Waals surface area contributed by atoms with Gasteiger partial charge in [-0.2, -0.15) is 0 Å². The number of aryl methyl sites for hydroxylation is 2. The molecule has 0 atom stereocenters. The van der Waals surface area contributed by atoms with Crippen LogP contribution < -0.4 is 30.5 Å². The zero-order valence-electron chi connectivity index (χ0n) is 32.4. The molecule has 4 aromatic heterocycles. The molecule has 0 radical (unpaired) electrons. The van der Waals surface area contributed by atoms with Gasteiger partial charge in [0.1, 0.15) is 0 Å². The maximum Gasteiger partial charge on any atom is 0.0397 e. The zero-order valence-corrected chi connectivity index (χ0v) is 37.4. The molecule has 0 saturated carbocycles. The fourth-order valence-corrected chi connectivity index (χ4v) is 19.8. The average Bonchev–Trinajstić information content (AvgIpc) is 4.06. The van der Waals surface area contributed by atoms with Gasteiger partial charge in [0.15, 0.2) is 0 Å². The molecule has 0 N–H and O–H groups in total. The first-order valence-corrected chi connectivity index (χ1v) is 26.2. The number of hydrogen-bond acceptors (Lipinski definition) is 4. The summed E-state index contributed by atoms with van der Waals surface area (Å²) >= 11 is 8.11. The highest BCUT2D eigenvalue weighted by molar-refractivity contribution is 7.85. The van der Waals surface area contributed by atoms with Crippen LogP contribution in [0.4, 0.5) is 0 Å². The van der Waals surface area contributed by atoms with Crippen LogP contribution in [0.2, 0.25) is 0 Å². The fraction of sp³-hybridized carbons (Fsp3) is 0.115. The number of fused-ring (bicyclic) bond motifs is 11. The van der Waals surface area contributed by atoms with Gasteiger partial charge >= 0.3 is 0 Å². The molecule has 7 aromatic carbocycles. The molecule has 0 amide bonds. The van der Waals surface area contributed by atoms with Gasteiger partial charge in [-0.15, -0.1) is 45.3 Å². The van der Waals surface area contributed by atoms with E-state index >= 15 is 0 Å². The second kappa shape index (κ2) is 15.4. The molecule has 0 unspecified atom stereocenters. The molecule has 0 aliphatic rings. The summed E-state index contributed by atoms with van der Waals surface area (Å²) in [5.74, 6) is 0. The summed E-state index contributed by atoms with van der Waals surface area (Å²) in [6, 6.07) is 59.7. The third-order valence-electron chi connectivity index (χ3n) is 11.3. The van der Waals surface area contributed by atoms with Gasteiger partial charge in [-0.3, -0.25) is 0 Å². The van der Waals surface area contributed by atoms with Gasteiger partial charge in [-0.25, -0.2) is 0 Å². The predicted molar refractivity (Wildman–Crippen MR) is 268 cm³/mol. The normalized spacial score (nSPS) is 12.2. The molecule has 282 valence electrons. The van der Waals surface area contributed by atoms with Crippen LogP contribution in [-0.4, -0.2) is 0 Å². The number of thiophene rings is 4. The van der Waals surface area contributed by atoms with Gasteiger partial charge in [0.05, 0.1) is 0 Å². The molecule has 0 nitrogen and oxygen atoms in total. The average molecular weight is 855 g/mol. The van der Waals surface area contributed by atoms with E-state index < -0.39 is 15.8 Å². The maximum atomic E-state index is 2.59. The minimum atomic E-state index is -0.691. The van der Waals surface area contributed by atoms with E-state index in [1.165, 1.54) is 91.0 Å². The van der Waals surface area contributed by atoms with Crippen LogP contribution >= 0.6 is 61.2 Å². The van der Waals surface area contributed by atoms with Crippen molar-refractivity contribution in [3.05, 3.63) is 169 Å². The first-order valence-electron chi connectivity index (χ1n) is 20.2. The second-order valence-electron chi connectivity index (χ2n) is 15.0. The first kappa shape index (κ1) is 36.8. The summed E-state index contributed by atoms with van der Waals surface area (Å²) in [4.78, 5) is 0. The Morgan fingerprint density at radius 1 is 0.362 bits per heavy atom. The Morgan fingerprint density at radius 2 is 0.690 bits per heavy atom. The summed E-state index contributed by atoms with van der Waals surface area (Å²) in [5.41, 5.74) is 3.19. The molecule has 4 heterocycles. The van der Waals surface area contributed by atoms with Crippen molar-refractivity contribution in [2.24, 2.45) is 0 Å². The highest BCUT2D eigenvalue weighted by Gasteiger charge is 2.27. The molecule has 11 rings (SSSR count). The Kier molecular flexibility index (Phi) is 9.78. The highest BCUT2D eigenvalue weighted by Crippen LogP contribution is 2.53. The van der Waals surface area contributed by atoms with E-state index in [1.54, 1.807) is 11.1 Å². The quantitative estimate of drug-likeness (QED) is 0.120. The standard InChI is InChI=1S/C52H40P2S4/c1-3-17-37-38(18-4-2)52-50(48-40-32-46(56-42(40)28-30-44(48)58-52)54(35-23-13-7-14-24-35)36-25-15-8-16-26-36)49-47-39-31-45(55-41(39)27-29-43(47)57-51(37)49)53(33-19-9-5-10-20-33)34-21-11-6-12-22-34/h5-16,19-32H,3-4,17-18H2,1-2H3. The zero-order chi connectivity index (χ0) is 38.7. The van der Waals surface area contributed by atoms with E-state index in [4.69, 9.17) is 0 Å². The van der Waals surface area contributed by atoms with E-state index in [0.717, 1.165) is 25.7 Å². The second-order valence-corrected chi connectivity index (χ2v) is 24.2. The Bertz CT molecular complexity index is 2950. The number of rotatable bonds is 10. The molecule has 0 aliphatic heterocycles. The monoisotopic (exact) mass is 854 g/mol. The van der Waals surface area contributed by atoms with Crippen molar-refractivity contribution in [2.45, 2.75) is 39.5 Å². The fourth-order valence-electron chi connectivity index (χ4n) is 8.93. The van der Waals surface area contributed by atoms with Crippen molar-refractivity contribution in [2.75, 3.05) is 0 Å². The Morgan fingerprint density at radius 3 is 1.02 bits per heavy atom. The van der Waals surface area contributed by atoms with Crippen molar-refractivity contribution in [3.63, 3.8) is 0 Å². The van der Waals surface area contributed by atoms with Gasteiger partial charge in [0.25, 0.3) is 0 Å². The molecule has 0 fully saturated rings. The van der Waals surface area contributed by atoms with Gasteiger partial charge in [-0.1, -0.05) is 148 Å². The molecule has 6 heteroatoms. The molecular formula is C52H40P2S4. The first-order chi connectivity index (χ1) is 28.7. The Balaban J connectivity index is 1.24. The lowest BCUT2D eigenvalue weighted by Crippen LogP contribution is -2.18. The number of hydrogen-bond donors (Lipinski definition) is 0. The number of benzene rings is 7. The van der Waals surface area contributed by atoms with Crippen molar-refractivity contribution in [3.8, 4) is 0 Å². The van der Waals surface area contributed by atoms with Crippen molar-refractivity contribution in [1.29, 1.82) is 0 Å². The summed E-state index contributed by atoms with van der Waals surface area (Å²) in [6.45, 7) is 4.72. The summed E-state index contributed by atoms with van der Waals surface area (Å²) in [5, 5.41) is 14.4. The van der Waals surface area contributed by atoms with E-state index in [1.807, 2.05) is 22.7 Å². The molecule has 58 heavy (non-hydrogen) atoms. The lowest BCUT2D eigenvalue weighted by atomic mass is 9.92. The van der Waals surface area contributed by atoms with E-state index in [2.05, 4.69) is 194 Å². The molecular weight excluding hydrogens is 815 g/mol. The molecule has 11 aromatic rings. The molecule has 0 bridgehead atoms. The van der Waals surface area contributed by atoms with Crippen LogP contribution in [0.5, 0.6) is 0 Å². The lowest BCUT2D eigenvalue weighted by Gasteiger charge is -2.17. The predicted octanol–water partition coefficient (Wildman–Crippen LogP) is 14.3. The molecule has 0 saturated heterocycles. The summed E-state index contributed by atoms with van der Waals surface area (Å²) in [7, 11) is -1.38. The maximum absolute atomic E-state index is 2.59. The van der Waals surface area contributed by atoms with Gasteiger partial charge in [-0.05, 0) is 97.4 Å². The van der Waals surface area contributed by atoms with Crippen molar-refractivity contribution >= 4 is 152 Å². The van der Waals surface area contributed by atoms with Crippen LogP contribution in [0.15, 0.2) is 158 Å². The minimum absolute atomic E-state index is 0.691. The van der Waals surface area contributed by atoms with Gasteiger partial charge in [0.2, 0.25) is 0 Å². The van der Waals surface area contributed by atoms with E-state index in [-0.39, 0.29) is 0 Å². The van der Waals surface area contributed by atoms with Crippen LogP contribution in [0.3, 0.4) is 0 Å². The van der Waals surface area contributed by atoms with Crippen LogP contribution in [0, 0.1) is 0 Å². The topological polar surface area (TPSA) is 0 Å². The lowest BCUT2D eigenvalue weighted by molar-refractivity contribution is 0.877. The van der Waals surface area contributed by atoms with Crippen LogP contribution in [0.25, 0.3) is 60.5 Å². The third kappa shape index (κ3) is 6.11. The van der Waals surface area contributed by atoms with E-state index in [9.17, 15) is 0 Å². The minimum Gasteiger partial charge on any atom is -0.135 e. The highest BCUT2D eigenvalue weighted by atomic mass is 32.1. The van der Waals surface area contributed by atoms with Crippen molar-refractivity contribution < 1.29 is 0 Å². The summed E-state index contributed by atoms with van der Waals surface area (Å²) in [6.07, 6.45) is 4.52. The van der Waals surface area contributed by atoms with E-state index in [0.29, 0.717) is 0 Å². The Hall–Kier alpha value is -4.24. The largest absolute Gasteiger partial charge is 0.135 e. The van der Waals surface area contributed by atoms with Crippen LogP contribution in [0.1, 0.15) is 37.8 Å². The third-order valence-corrected chi connectivity index (χ3v) is 21.6. The van der Waals surface area contributed by atoms with Gasteiger partial charge in [0, 0.05) is 69.8 Å². The van der Waals surface area contributed by atoms with Crippen molar-refractivity contribution in [1.82, 2.24) is 0 Å². The van der Waals surface area contributed by atoms with Crippen LogP contribution in [-0.2, 0) is 12.8 Å². The summed E-state index contributed by atoms with van der Waals surface area (Å²) < 4.78 is 11.6. The molecule has 0 aliphatic carbocycles.